The summed E-state index contributed by atoms with van der Waals surface area (Å²) in [6.45, 7) is 3.76. The fourth-order valence-corrected chi connectivity index (χ4v) is 2.05. The maximum atomic E-state index is 13.5. The largest absolute Gasteiger partial charge is 0.448 e. The van der Waals surface area contributed by atoms with Gasteiger partial charge in [-0.3, -0.25) is 4.79 Å². The SMILES string of the molecule is CCC(C)(CCO)NC(=O)c1cc2cccc(F)c2o1. The third-order valence-electron chi connectivity index (χ3n) is 3.58. The van der Waals surface area contributed by atoms with Crippen molar-refractivity contribution in [2.24, 2.45) is 0 Å². The molecule has 4 nitrogen and oxygen atoms in total. The van der Waals surface area contributed by atoms with Gasteiger partial charge in [0.25, 0.3) is 5.91 Å². The third-order valence-corrected chi connectivity index (χ3v) is 3.58. The van der Waals surface area contributed by atoms with Gasteiger partial charge in [-0.15, -0.1) is 0 Å². The number of nitrogens with one attached hydrogen (secondary N) is 1. The lowest BCUT2D eigenvalue weighted by molar-refractivity contribution is 0.0859. The van der Waals surface area contributed by atoms with Crippen LogP contribution in [0.15, 0.2) is 28.7 Å². The minimum atomic E-state index is -0.511. The Morgan fingerprint density at radius 3 is 2.85 bits per heavy atom. The number of rotatable bonds is 5. The summed E-state index contributed by atoms with van der Waals surface area (Å²) < 4.78 is 18.8. The summed E-state index contributed by atoms with van der Waals surface area (Å²) in [5.41, 5.74) is -0.429. The van der Waals surface area contributed by atoms with E-state index >= 15 is 0 Å². The van der Waals surface area contributed by atoms with Crippen LogP contribution in [-0.4, -0.2) is 23.2 Å². The quantitative estimate of drug-likeness (QED) is 0.884. The van der Waals surface area contributed by atoms with Crippen LogP contribution < -0.4 is 5.32 Å². The first kappa shape index (κ1) is 14.5. The fraction of sp³-hybridized carbons (Fsp3) is 0.400. The number of carbonyl (C=O) groups is 1. The highest BCUT2D eigenvalue weighted by Gasteiger charge is 2.26. The molecule has 1 atom stereocenters. The molecule has 1 amide bonds. The molecule has 1 aromatic heterocycles. The number of hydrogen-bond donors (Lipinski definition) is 2. The monoisotopic (exact) mass is 279 g/mol. The highest BCUT2D eigenvalue weighted by molar-refractivity contribution is 5.96. The molecule has 2 aromatic rings. The minimum Gasteiger partial charge on any atom is -0.448 e. The highest BCUT2D eigenvalue weighted by Crippen LogP contribution is 2.23. The molecule has 2 rings (SSSR count). The van der Waals surface area contributed by atoms with Crippen molar-refractivity contribution in [3.63, 3.8) is 0 Å². The highest BCUT2D eigenvalue weighted by atomic mass is 19.1. The van der Waals surface area contributed by atoms with Crippen LogP contribution >= 0.6 is 0 Å². The van der Waals surface area contributed by atoms with Gasteiger partial charge in [0.2, 0.25) is 0 Å². The van der Waals surface area contributed by atoms with E-state index in [4.69, 9.17) is 9.52 Å². The summed E-state index contributed by atoms with van der Waals surface area (Å²) in [6, 6.07) is 6.06. The number of hydrogen-bond acceptors (Lipinski definition) is 3. The fourth-order valence-electron chi connectivity index (χ4n) is 2.05. The van der Waals surface area contributed by atoms with Crippen molar-refractivity contribution in [2.75, 3.05) is 6.61 Å². The Hall–Kier alpha value is -1.88. The zero-order valence-electron chi connectivity index (χ0n) is 11.6. The van der Waals surface area contributed by atoms with Crippen LogP contribution in [0, 0.1) is 5.82 Å². The Labute approximate surface area is 116 Å². The van der Waals surface area contributed by atoms with E-state index in [2.05, 4.69) is 5.32 Å². The maximum absolute atomic E-state index is 13.5. The third kappa shape index (κ3) is 2.82. The molecule has 1 unspecified atom stereocenters. The molecule has 108 valence electrons. The van der Waals surface area contributed by atoms with E-state index in [1.807, 2.05) is 13.8 Å². The molecule has 5 heteroatoms. The van der Waals surface area contributed by atoms with Crippen LogP contribution in [0.5, 0.6) is 0 Å². The Kier molecular flexibility index (Phi) is 4.09. The molecule has 0 fully saturated rings. The molecule has 0 radical (unpaired) electrons. The Morgan fingerprint density at radius 1 is 1.50 bits per heavy atom. The lowest BCUT2D eigenvalue weighted by Crippen LogP contribution is -2.46. The summed E-state index contributed by atoms with van der Waals surface area (Å²) in [4.78, 5) is 12.2. The van der Waals surface area contributed by atoms with Crippen molar-refractivity contribution in [3.8, 4) is 0 Å². The van der Waals surface area contributed by atoms with Gasteiger partial charge in [0.1, 0.15) is 0 Å². The molecule has 0 aliphatic carbocycles. The predicted octanol–water partition coefficient (Wildman–Crippen LogP) is 2.85. The number of aliphatic hydroxyl groups is 1. The van der Waals surface area contributed by atoms with Crippen molar-refractivity contribution >= 4 is 16.9 Å². The maximum Gasteiger partial charge on any atom is 0.287 e. The summed E-state index contributed by atoms with van der Waals surface area (Å²) in [7, 11) is 0. The second-order valence-electron chi connectivity index (χ2n) is 5.11. The number of para-hydroxylation sites is 1. The number of amides is 1. The van der Waals surface area contributed by atoms with Gasteiger partial charge in [0, 0.05) is 17.5 Å². The predicted molar refractivity (Wildman–Crippen MR) is 74.0 cm³/mol. The van der Waals surface area contributed by atoms with Gasteiger partial charge in [-0.1, -0.05) is 19.1 Å². The number of furan rings is 1. The standard InChI is InChI=1S/C15H18FNO3/c1-3-15(2,7-8-18)17-14(19)12-9-10-5-4-6-11(16)13(10)20-12/h4-6,9,18H,3,7-8H2,1-2H3,(H,17,19). The zero-order valence-corrected chi connectivity index (χ0v) is 11.6. The second-order valence-corrected chi connectivity index (χ2v) is 5.11. The van der Waals surface area contributed by atoms with Gasteiger partial charge in [-0.25, -0.2) is 4.39 Å². The average molecular weight is 279 g/mol. The van der Waals surface area contributed by atoms with Gasteiger partial charge in [-0.05, 0) is 31.9 Å². The molecule has 20 heavy (non-hydrogen) atoms. The van der Waals surface area contributed by atoms with Gasteiger partial charge in [-0.2, -0.15) is 0 Å². The summed E-state index contributed by atoms with van der Waals surface area (Å²) >= 11 is 0. The zero-order chi connectivity index (χ0) is 14.8. The molecular weight excluding hydrogens is 261 g/mol. The second kappa shape index (κ2) is 5.63. The molecule has 0 aliphatic rings. The van der Waals surface area contributed by atoms with Gasteiger partial charge < -0.3 is 14.8 Å². The molecule has 0 saturated carbocycles. The molecular formula is C15H18FNO3. The number of halogens is 1. The Balaban J connectivity index is 2.25. The summed E-state index contributed by atoms with van der Waals surface area (Å²) in [6.07, 6.45) is 1.12. The van der Waals surface area contributed by atoms with Crippen molar-refractivity contribution in [3.05, 3.63) is 35.8 Å². The molecule has 2 N–H and O–H groups in total. The van der Waals surface area contributed by atoms with Gasteiger partial charge in [0.15, 0.2) is 17.2 Å². The minimum absolute atomic E-state index is 0.0145. The molecule has 0 saturated heterocycles. The van der Waals surface area contributed by atoms with Crippen molar-refractivity contribution in [1.29, 1.82) is 0 Å². The van der Waals surface area contributed by atoms with E-state index in [0.717, 1.165) is 0 Å². The number of fused-ring (bicyclic) bond motifs is 1. The molecule has 0 bridgehead atoms. The van der Waals surface area contributed by atoms with Crippen LogP contribution in [-0.2, 0) is 0 Å². The van der Waals surface area contributed by atoms with Gasteiger partial charge >= 0.3 is 0 Å². The smallest absolute Gasteiger partial charge is 0.287 e. The summed E-state index contributed by atoms with van der Waals surface area (Å²) in [5, 5.41) is 12.4. The Morgan fingerprint density at radius 2 is 2.25 bits per heavy atom. The lowest BCUT2D eigenvalue weighted by atomic mass is 9.95. The Bertz CT molecular complexity index is 623. The summed E-state index contributed by atoms with van der Waals surface area (Å²) in [5.74, 6) is -0.823. The van der Waals surface area contributed by atoms with E-state index in [1.165, 1.54) is 12.1 Å². The van der Waals surface area contributed by atoms with E-state index in [9.17, 15) is 9.18 Å². The molecule has 0 spiro atoms. The first-order chi connectivity index (χ1) is 9.49. The lowest BCUT2D eigenvalue weighted by Gasteiger charge is -2.28. The molecule has 1 heterocycles. The molecule has 1 aromatic carbocycles. The van der Waals surface area contributed by atoms with Crippen LogP contribution in [0.4, 0.5) is 4.39 Å². The van der Waals surface area contributed by atoms with Crippen molar-refractivity contribution < 1.29 is 18.7 Å². The first-order valence-corrected chi connectivity index (χ1v) is 6.60. The van der Waals surface area contributed by atoms with Crippen LogP contribution in [0.25, 0.3) is 11.0 Å². The number of aliphatic hydroxyl groups excluding tert-OH is 1. The first-order valence-electron chi connectivity index (χ1n) is 6.60. The number of benzene rings is 1. The van der Waals surface area contributed by atoms with Crippen molar-refractivity contribution in [1.82, 2.24) is 5.32 Å². The molecule has 0 aliphatic heterocycles. The van der Waals surface area contributed by atoms with Crippen LogP contribution in [0.1, 0.15) is 37.2 Å². The van der Waals surface area contributed by atoms with Crippen molar-refractivity contribution in [2.45, 2.75) is 32.2 Å². The van der Waals surface area contributed by atoms with E-state index in [0.29, 0.717) is 18.2 Å². The van der Waals surface area contributed by atoms with E-state index in [1.54, 1.807) is 12.1 Å². The topological polar surface area (TPSA) is 62.5 Å². The van der Waals surface area contributed by atoms with Crippen LogP contribution in [0.2, 0.25) is 0 Å². The van der Waals surface area contributed by atoms with Crippen LogP contribution in [0.3, 0.4) is 0 Å². The van der Waals surface area contributed by atoms with Gasteiger partial charge in [0.05, 0.1) is 0 Å². The normalized spacial score (nSPS) is 14.2. The average Bonchev–Trinajstić information content (AvgIpc) is 2.84. The number of carbonyl (C=O) groups excluding carboxylic acids is 1. The van der Waals surface area contributed by atoms with E-state index < -0.39 is 17.3 Å². The van der Waals surface area contributed by atoms with E-state index in [-0.39, 0.29) is 18.0 Å².